The summed E-state index contributed by atoms with van der Waals surface area (Å²) in [6, 6.07) is 87.3. The van der Waals surface area contributed by atoms with Crippen molar-refractivity contribution in [3.05, 3.63) is 288 Å². The highest BCUT2D eigenvalue weighted by Crippen LogP contribution is 2.51. The van der Waals surface area contributed by atoms with E-state index in [1.54, 1.807) is 14.2 Å². The van der Waals surface area contributed by atoms with Gasteiger partial charge in [-0.1, -0.05) is 218 Å². The number of nitrogens with zero attached hydrogens (tertiary/aromatic N) is 4. The summed E-state index contributed by atoms with van der Waals surface area (Å²) in [4.78, 5) is 14.2. The number of pyridine rings is 2. The molecule has 0 aliphatic carbocycles. The molecule has 0 amide bonds. The van der Waals surface area contributed by atoms with Crippen LogP contribution < -0.4 is 9.47 Å². The maximum atomic E-state index is 13.2. The highest BCUT2D eigenvalue weighted by Gasteiger charge is 2.45. The molecule has 0 aliphatic rings. The number of hydrogen-bond acceptors (Lipinski definition) is 8. The summed E-state index contributed by atoms with van der Waals surface area (Å²) < 4.78 is 12.0. The van der Waals surface area contributed by atoms with Gasteiger partial charge in [0.1, 0.15) is 11.2 Å². The Morgan fingerprint density at radius 2 is 0.714 bits per heavy atom. The van der Waals surface area contributed by atoms with E-state index in [9.17, 15) is 10.2 Å². The predicted octanol–water partition coefficient (Wildman–Crippen LogP) is 16.1. The molecule has 2 aromatic heterocycles. The number of fused-ring (bicyclic) bond motifs is 4. The molecule has 84 heavy (non-hydrogen) atoms. The van der Waals surface area contributed by atoms with Gasteiger partial charge in [0.25, 0.3) is 0 Å². The Hall–Kier alpha value is -9.02. The lowest BCUT2D eigenvalue weighted by Crippen LogP contribution is -2.38. The molecule has 0 bridgehead atoms. The summed E-state index contributed by atoms with van der Waals surface area (Å²) in [6.07, 6.45) is 1.03. The zero-order valence-electron chi connectivity index (χ0n) is 48.7. The zero-order valence-corrected chi connectivity index (χ0v) is 48.7. The van der Waals surface area contributed by atoms with Gasteiger partial charge in [-0.05, 0) is 143 Å². The van der Waals surface area contributed by atoms with Crippen LogP contribution in [0, 0.1) is 0 Å². The van der Waals surface area contributed by atoms with Crippen LogP contribution in [0.5, 0.6) is 11.8 Å². The molecule has 0 radical (unpaired) electrons. The first-order chi connectivity index (χ1) is 40.9. The van der Waals surface area contributed by atoms with E-state index < -0.39 is 23.0 Å². The number of benzene rings is 10. The van der Waals surface area contributed by atoms with Gasteiger partial charge in [0, 0.05) is 46.8 Å². The van der Waals surface area contributed by atoms with Crippen molar-refractivity contribution in [1.82, 2.24) is 19.8 Å². The van der Waals surface area contributed by atoms with Crippen LogP contribution in [0.1, 0.15) is 58.1 Å². The van der Waals surface area contributed by atoms with Gasteiger partial charge in [-0.25, -0.2) is 9.97 Å². The molecular weight excluding hydrogens is 1030 g/mol. The normalized spacial score (nSPS) is 13.7. The average molecular weight is 1110 g/mol. The zero-order chi connectivity index (χ0) is 58.2. The minimum atomic E-state index is -1.27. The molecule has 0 spiro atoms. The second-order valence-electron chi connectivity index (χ2n) is 22.4. The van der Waals surface area contributed by atoms with Gasteiger partial charge in [-0.15, -0.1) is 0 Å². The summed E-state index contributed by atoms with van der Waals surface area (Å²) in [5, 5.41) is 32.7. The lowest BCUT2D eigenvalue weighted by Gasteiger charge is -2.39. The molecule has 12 rings (SSSR count). The Morgan fingerprint density at radius 3 is 1.08 bits per heavy atom. The standard InChI is InChI=1S/2C38H36N2O2/c2*1-40(2)24-23-38(41,34-20-12-18-28-15-10-11-19-32(28)34)36(29-16-8-5-9-17-29)33-26-31-25-30(27-13-6-4-7-14-27)21-22-35(31)39-37(33)42-3/h2*4-22,25-26,36,41H,23-24H2,1-3H3. The first kappa shape index (κ1) is 56.8. The maximum Gasteiger partial charge on any atom is 0.217 e. The fourth-order valence-corrected chi connectivity index (χ4v) is 12.3. The number of rotatable bonds is 18. The van der Waals surface area contributed by atoms with Crippen LogP contribution in [0.25, 0.3) is 65.6 Å². The average Bonchev–Trinajstić information content (AvgIpc) is 1.21. The minimum absolute atomic E-state index is 0.448. The van der Waals surface area contributed by atoms with Crippen molar-refractivity contribution in [2.75, 3.05) is 55.5 Å². The summed E-state index contributed by atoms with van der Waals surface area (Å²) >= 11 is 0. The molecule has 10 aromatic carbocycles. The Bertz CT molecular complexity index is 3900. The number of aromatic nitrogens is 2. The van der Waals surface area contributed by atoms with Gasteiger partial charge in [0.2, 0.25) is 11.8 Å². The fourth-order valence-electron chi connectivity index (χ4n) is 12.3. The smallest absolute Gasteiger partial charge is 0.217 e. The topological polar surface area (TPSA) is 91.2 Å². The van der Waals surface area contributed by atoms with Crippen molar-refractivity contribution in [1.29, 1.82) is 0 Å². The first-order valence-corrected chi connectivity index (χ1v) is 28.8. The van der Waals surface area contributed by atoms with E-state index in [0.717, 1.165) is 99.0 Å². The van der Waals surface area contributed by atoms with Crippen molar-refractivity contribution in [2.45, 2.75) is 35.9 Å². The van der Waals surface area contributed by atoms with Crippen molar-refractivity contribution >= 4 is 43.4 Å². The summed E-state index contributed by atoms with van der Waals surface area (Å²) in [7, 11) is 11.5. The van der Waals surface area contributed by atoms with E-state index in [0.29, 0.717) is 37.7 Å². The van der Waals surface area contributed by atoms with Crippen molar-refractivity contribution < 1.29 is 19.7 Å². The molecular formula is C76H72N4O4. The number of aliphatic hydroxyl groups is 2. The quantitative estimate of drug-likeness (QED) is 0.0878. The first-order valence-electron chi connectivity index (χ1n) is 28.8. The molecule has 0 saturated carbocycles. The summed E-state index contributed by atoms with van der Waals surface area (Å²) in [6.45, 7) is 1.40. The summed E-state index contributed by atoms with van der Waals surface area (Å²) in [5.74, 6) is 0.146. The van der Waals surface area contributed by atoms with Crippen LogP contribution in [0.15, 0.2) is 255 Å². The van der Waals surface area contributed by atoms with Crippen LogP contribution in [-0.2, 0) is 11.2 Å². The second kappa shape index (κ2) is 25.2. The molecule has 4 unspecified atom stereocenters. The SMILES string of the molecule is COc1nc2ccc(-c3ccccc3)cc2cc1C(c1ccccc1)C(O)(CCN(C)C)c1cccc2ccccc12.COc1nc2ccc(-c3ccccc3)cc2cc1C(c1ccccc1)C(O)(CCN(C)C)c1cccc2ccccc12. The van der Waals surface area contributed by atoms with E-state index in [1.807, 2.05) is 125 Å². The number of hydrogen-bond donors (Lipinski definition) is 2. The van der Waals surface area contributed by atoms with Gasteiger partial charge in [0.15, 0.2) is 0 Å². The number of ether oxygens (including phenoxy) is 2. The highest BCUT2D eigenvalue weighted by atomic mass is 16.5. The van der Waals surface area contributed by atoms with E-state index >= 15 is 0 Å². The third kappa shape index (κ3) is 11.8. The second-order valence-corrected chi connectivity index (χ2v) is 22.4. The largest absolute Gasteiger partial charge is 0.481 e. The van der Waals surface area contributed by atoms with Crippen LogP contribution in [0.3, 0.4) is 0 Å². The van der Waals surface area contributed by atoms with Crippen molar-refractivity contribution in [3.8, 4) is 34.0 Å². The van der Waals surface area contributed by atoms with E-state index in [2.05, 4.69) is 168 Å². The van der Waals surface area contributed by atoms with Crippen LogP contribution in [-0.4, -0.2) is 85.5 Å². The molecule has 420 valence electrons. The Kier molecular flexibility index (Phi) is 17.1. The van der Waals surface area contributed by atoms with Gasteiger partial charge >= 0.3 is 0 Å². The summed E-state index contributed by atoms with van der Waals surface area (Å²) in [5.41, 5.74) is 9.22. The van der Waals surface area contributed by atoms with Crippen LogP contribution >= 0.6 is 0 Å². The Balaban J connectivity index is 0.000000175. The van der Waals surface area contributed by atoms with E-state index in [1.165, 1.54) is 0 Å². The fraction of sp³-hybridized carbons (Fsp3) is 0.184. The maximum absolute atomic E-state index is 13.2. The number of methoxy groups -OCH3 is 2. The minimum Gasteiger partial charge on any atom is -0.481 e. The highest BCUT2D eigenvalue weighted by molar-refractivity contribution is 5.90. The lowest BCUT2D eigenvalue weighted by atomic mass is 9.70. The van der Waals surface area contributed by atoms with E-state index in [4.69, 9.17) is 19.4 Å². The third-order valence-electron chi connectivity index (χ3n) is 16.5. The molecule has 0 fully saturated rings. The Morgan fingerprint density at radius 1 is 0.369 bits per heavy atom. The van der Waals surface area contributed by atoms with Crippen molar-refractivity contribution in [3.63, 3.8) is 0 Å². The van der Waals surface area contributed by atoms with Crippen molar-refractivity contribution in [2.24, 2.45) is 0 Å². The molecule has 2 heterocycles. The molecule has 2 N–H and O–H groups in total. The van der Waals surface area contributed by atoms with Crippen LogP contribution in [0.2, 0.25) is 0 Å². The van der Waals surface area contributed by atoms with Gasteiger partial charge in [-0.3, -0.25) is 0 Å². The molecule has 8 nitrogen and oxygen atoms in total. The molecule has 8 heteroatoms. The van der Waals surface area contributed by atoms with Crippen LogP contribution in [0.4, 0.5) is 0 Å². The molecule has 4 atom stereocenters. The van der Waals surface area contributed by atoms with E-state index in [-0.39, 0.29) is 0 Å². The van der Waals surface area contributed by atoms with Gasteiger partial charge < -0.3 is 29.5 Å². The molecule has 0 saturated heterocycles. The predicted molar refractivity (Wildman–Crippen MR) is 346 cm³/mol. The molecule has 12 aromatic rings. The van der Waals surface area contributed by atoms with Gasteiger partial charge in [-0.2, -0.15) is 0 Å². The molecule has 0 aliphatic heterocycles. The lowest BCUT2D eigenvalue weighted by molar-refractivity contribution is 0.00490. The van der Waals surface area contributed by atoms with Gasteiger partial charge in [0.05, 0.1) is 25.3 Å². The third-order valence-corrected chi connectivity index (χ3v) is 16.5. The monoisotopic (exact) mass is 1100 g/mol. The Labute approximate surface area is 493 Å².